The molecule has 0 saturated heterocycles. The van der Waals surface area contributed by atoms with E-state index in [0.717, 1.165) is 28.3 Å². The highest BCUT2D eigenvalue weighted by Gasteiger charge is 2.33. The van der Waals surface area contributed by atoms with Crippen LogP contribution in [0, 0.1) is 0 Å². The van der Waals surface area contributed by atoms with E-state index >= 15 is 0 Å². The Hall–Kier alpha value is -3.65. The van der Waals surface area contributed by atoms with Crippen LogP contribution in [-0.2, 0) is 9.53 Å². The van der Waals surface area contributed by atoms with Gasteiger partial charge in [-0.25, -0.2) is 9.48 Å². The van der Waals surface area contributed by atoms with Gasteiger partial charge in [0.15, 0.2) is 5.11 Å². The van der Waals surface area contributed by atoms with Gasteiger partial charge in [0.25, 0.3) is 0 Å². The van der Waals surface area contributed by atoms with Gasteiger partial charge in [0.1, 0.15) is 5.75 Å². The first-order valence-electron chi connectivity index (χ1n) is 9.68. The molecule has 4 rings (SSSR count). The highest BCUT2D eigenvalue weighted by atomic mass is 32.1. The summed E-state index contributed by atoms with van der Waals surface area (Å²) in [5.74, 6) is 0.318. The van der Waals surface area contributed by atoms with E-state index in [-0.39, 0.29) is 0 Å². The Bertz CT molecular complexity index is 1150. The number of methoxy groups -OCH3 is 2. The zero-order valence-electron chi connectivity index (χ0n) is 17.4. The van der Waals surface area contributed by atoms with Crippen LogP contribution in [0.15, 0.2) is 72.1 Å². The molecule has 0 bridgehead atoms. The number of hydrogen-bond acceptors (Lipinski definition) is 5. The number of thiocarbonyl (C=S) groups is 1. The summed E-state index contributed by atoms with van der Waals surface area (Å²) in [4.78, 5) is 12.6. The average molecular weight is 435 g/mol. The second-order valence-electron chi connectivity index (χ2n) is 7.00. The molecule has 31 heavy (non-hydrogen) atoms. The van der Waals surface area contributed by atoms with Crippen molar-refractivity contribution in [3.8, 4) is 22.7 Å². The zero-order valence-corrected chi connectivity index (χ0v) is 18.2. The molecule has 0 unspecified atom stereocenters. The van der Waals surface area contributed by atoms with Gasteiger partial charge in [-0.1, -0.05) is 18.2 Å². The van der Waals surface area contributed by atoms with Crippen molar-refractivity contribution in [3.05, 3.63) is 77.6 Å². The molecule has 1 aliphatic rings. The van der Waals surface area contributed by atoms with Gasteiger partial charge in [0.05, 0.1) is 37.2 Å². The molecule has 0 spiro atoms. The van der Waals surface area contributed by atoms with Gasteiger partial charge < -0.3 is 20.1 Å². The fourth-order valence-electron chi connectivity index (χ4n) is 3.59. The van der Waals surface area contributed by atoms with Crippen LogP contribution in [0.1, 0.15) is 18.5 Å². The van der Waals surface area contributed by atoms with Crippen LogP contribution in [0.25, 0.3) is 16.9 Å². The Labute approximate surface area is 185 Å². The summed E-state index contributed by atoms with van der Waals surface area (Å²) < 4.78 is 12.1. The van der Waals surface area contributed by atoms with Crippen LogP contribution in [0.3, 0.4) is 0 Å². The lowest BCUT2D eigenvalue weighted by Gasteiger charge is -2.29. The molecule has 7 nitrogen and oxygen atoms in total. The van der Waals surface area contributed by atoms with Crippen LogP contribution >= 0.6 is 12.2 Å². The second kappa shape index (κ2) is 8.61. The summed E-state index contributed by atoms with van der Waals surface area (Å²) in [5.41, 5.74) is 4.42. The molecule has 0 amide bonds. The number of carbonyl (C=O) groups is 1. The van der Waals surface area contributed by atoms with Gasteiger partial charge in [-0.2, -0.15) is 5.10 Å². The SMILES string of the molecule is COC(=O)C1=C(C)NC(=S)N[C@@H]1c1cn(-c2ccccc2)nc1-c1ccc(OC)cc1. The predicted octanol–water partition coefficient (Wildman–Crippen LogP) is 3.51. The van der Waals surface area contributed by atoms with Crippen LogP contribution in [0.2, 0.25) is 0 Å². The largest absolute Gasteiger partial charge is 0.497 e. The van der Waals surface area contributed by atoms with Crippen molar-refractivity contribution in [2.24, 2.45) is 0 Å². The minimum atomic E-state index is -0.518. The molecule has 0 fully saturated rings. The monoisotopic (exact) mass is 434 g/mol. The Morgan fingerprint density at radius 3 is 2.45 bits per heavy atom. The predicted molar refractivity (Wildman–Crippen MR) is 122 cm³/mol. The number of nitrogens with zero attached hydrogens (tertiary/aromatic N) is 2. The lowest BCUT2D eigenvalue weighted by atomic mass is 9.94. The first kappa shape index (κ1) is 20.6. The lowest BCUT2D eigenvalue weighted by Crippen LogP contribution is -2.45. The maximum Gasteiger partial charge on any atom is 0.337 e. The van der Waals surface area contributed by atoms with Gasteiger partial charge in [0.2, 0.25) is 0 Å². The smallest absolute Gasteiger partial charge is 0.337 e. The first-order chi connectivity index (χ1) is 15.0. The molecule has 158 valence electrons. The fraction of sp³-hybridized carbons (Fsp3) is 0.174. The normalized spacial score (nSPS) is 15.8. The first-order valence-corrected chi connectivity index (χ1v) is 10.1. The van der Waals surface area contributed by atoms with Gasteiger partial charge in [-0.05, 0) is 55.5 Å². The molecule has 1 aromatic heterocycles. The number of rotatable bonds is 5. The number of para-hydroxylation sites is 1. The number of ether oxygens (including phenoxy) is 2. The quantitative estimate of drug-likeness (QED) is 0.470. The molecule has 1 aliphatic heterocycles. The molecule has 2 heterocycles. The van der Waals surface area contributed by atoms with E-state index in [4.69, 9.17) is 26.8 Å². The van der Waals surface area contributed by atoms with Crippen molar-refractivity contribution < 1.29 is 14.3 Å². The third-order valence-electron chi connectivity index (χ3n) is 5.11. The standard InChI is InChI=1S/C23H22N4O3S/c1-14-19(22(28)30-3)21(25-23(31)24-14)18-13-27(16-7-5-4-6-8-16)26-20(18)15-9-11-17(29-2)12-10-15/h4-13,21H,1-3H3,(H2,24,25,31)/t21-/m1/s1. The minimum Gasteiger partial charge on any atom is -0.497 e. The highest BCUT2D eigenvalue weighted by molar-refractivity contribution is 7.80. The number of carbonyl (C=O) groups excluding carboxylic acids is 1. The van der Waals surface area contributed by atoms with E-state index in [0.29, 0.717) is 16.4 Å². The zero-order chi connectivity index (χ0) is 22.0. The third kappa shape index (κ3) is 4.02. The Kier molecular flexibility index (Phi) is 5.73. The van der Waals surface area contributed by atoms with Crippen molar-refractivity contribution in [2.45, 2.75) is 13.0 Å². The van der Waals surface area contributed by atoms with E-state index in [1.807, 2.05) is 60.8 Å². The molecule has 1 atom stereocenters. The summed E-state index contributed by atoms with van der Waals surface area (Å²) in [6.07, 6.45) is 1.91. The molecule has 3 aromatic rings. The summed E-state index contributed by atoms with van der Waals surface area (Å²) in [6, 6.07) is 16.9. The Morgan fingerprint density at radius 2 is 1.81 bits per heavy atom. The number of aromatic nitrogens is 2. The summed E-state index contributed by atoms with van der Waals surface area (Å²) in [6.45, 7) is 1.81. The maximum absolute atomic E-state index is 12.6. The van der Waals surface area contributed by atoms with Gasteiger partial charge in [0, 0.05) is 23.0 Å². The number of esters is 1. The molecule has 2 N–H and O–H groups in total. The van der Waals surface area contributed by atoms with E-state index in [1.54, 1.807) is 18.7 Å². The number of allylic oxidation sites excluding steroid dienone is 1. The fourth-order valence-corrected chi connectivity index (χ4v) is 3.86. The van der Waals surface area contributed by atoms with Crippen LogP contribution < -0.4 is 15.4 Å². The van der Waals surface area contributed by atoms with Crippen molar-refractivity contribution in [3.63, 3.8) is 0 Å². The Morgan fingerprint density at radius 1 is 1.10 bits per heavy atom. The van der Waals surface area contributed by atoms with Crippen molar-refractivity contribution >= 4 is 23.3 Å². The molecule has 0 saturated carbocycles. The molecule has 0 aliphatic carbocycles. The molecular weight excluding hydrogens is 412 g/mol. The summed E-state index contributed by atoms with van der Waals surface area (Å²) in [7, 11) is 2.99. The average Bonchev–Trinajstić information content (AvgIpc) is 3.24. The van der Waals surface area contributed by atoms with Crippen LogP contribution in [-0.4, -0.2) is 35.1 Å². The molecule has 8 heteroatoms. The summed E-state index contributed by atoms with van der Waals surface area (Å²) >= 11 is 5.38. The number of hydrogen-bond donors (Lipinski definition) is 2. The van der Waals surface area contributed by atoms with E-state index < -0.39 is 12.0 Å². The van der Waals surface area contributed by atoms with Crippen molar-refractivity contribution in [2.75, 3.05) is 14.2 Å². The van der Waals surface area contributed by atoms with Crippen LogP contribution in [0.5, 0.6) is 5.75 Å². The van der Waals surface area contributed by atoms with Crippen molar-refractivity contribution in [1.82, 2.24) is 20.4 Å². The lowest BCUT2D eigenvalue weighted by molar-refractivity contribution is -0.136. The van der Waals surface area contributed by atoms with E-state index in [1.165, 1.54) is 7.11 Å². The second-order valence-corrected chi connectivity index (χ2v) is 7.41. The van der Waals surface area contributed by atoms with Crippen LogP contribution in [0.4, 0.5) is 0 Å². The highest BCUT2D eigenvalue weighted by Crippen LogP contribution is 2.35. The third-order valence-corrected chi connectivity index (χ3v) is 5.33. The topological polar surface area (TPSA) is 77.4 Å². The molecule has 2 aromatic carbocycles. The van der Waals surface area contributed by atoms with Gasteiger partial charge in [-0.15, -0.1) is 0 Å². The molecule has 0 radical (unpaired) electrons. The summed E-state index contributed by atoms with van der Waals surface area (Å²) in [5, 5.41) is 11.5. The van der Waals surface area contributed by atoms with E-state index in [9.17, 15) is 4.79 Å². The minimum absolute atomic E-state index is 0.432. The van der Waals surface area contributed by atoms with Gasteiger partial charge >= 0.3 is 5.97 Å². The van der Waals surface area contributed by atoms with Gasteiger partial charge in [-0.3, -0.25) is 0 Å². The van der Waals surface area contributed by atoms with E-state index in [2.05, 4.69) is 10.6 Å². The maximum atomic E-state index is 12.6. The van der Waals surface area contributed by atoms with Crippen molar-refractivity contribution in [1.29, 1.82) is 0 Å². The number of nitrogens with one attached hydrogen (secondary N) is 2. The molecular formula is C23H22N4O3S. The Balaban J connectivity index is 1.90. The number of benzene rings is 2.